The van der Waals surface area contributed by atoms with E-state index in [0.29, 0.717) is 17.8 Å². The lowest BCUT2D eigenvalue weighted by atomic mass is 10.1. The van der Waals surface area contributed by atoms with Gasteiger partial charge in [-0.1, -0.05) is 12.1 Å². The predicted octanol–water partition coefficient (Wildman–Crippen LogP) is 2.12. The Morgan fingerprint density at radius 2 is 1.88 bits per heavy atom. The molecule has 0 aliphatic rings. The third kappa shape index (κ3) is 5.15. The summed E-state index contributed by atoms with van der Waals surface area (Å²) < 4.78 is 4.86. The maximum Gasteiger partial charge on any atom is 0.433 e. The van der Waals surface area contributed by atoms with E-state index in [1.165, 1.54) is 6.07 Å². The number of nitro groups is 1. The molecule has 0 aliphatic heterocycles. The van der Waals surface area contributed by atoms with E-state index in [-0.39, 0.29) is 11.7 Å². The lowest BCUT2D eigenvalue weighted by molar-refractivity contribution is -0.402. The van der Waals surface area contributed by atoms with E-state index in [1.54, 1.807) is 24.3 Å². The van der Waals surface area contributed by atoms with Crippen LogP contribution in [-0.4, -0.2) is 48.8 Å². The van der Waals surface area contributed by atoms with E-state index in [4.69, 9.17) is 4.42 Å². The molecule has 2 aromatic rings. The third-order valence-corrected chi connectivity index (χ3v) is 3.48. The Morgan fingerprint density at radius 1 is 1.15 bits per heavy atom. The molecule has 2 rings (SSSR count). The monoisotopic (exact) mass is 360 g/mol. The molecule has 138 valence electrons. The number of furan rings is 1. The van der Waals surface area contributed by atoms with Gasteiger partial charge in [-0.15, -0.1) is 0 Å². The molecule has 0 radical (unpaired) electrons. The van der Waals surface area contributed by atoms with Crippen molar-refractivity contribution in [3.63, 3.8) is 0 Å². The summed E-state index contributed by atoms with van der Waals surface area (Å²) in [5.74, 6) is -1.73. The van der Waals surface area contributed by atoms with E-state index in [9.17, 15) is 19.7 Å². The minimum atomic E-state index is -0.730. The van der Waals surface area contributed by atoms with Gasteiger partial charge in [0.05, 0.1) is 17.3 Å². The summed E-state index contributed by atoms with van der Waals surface area (Å²) in [5.41, 5.74) is 0.591. The Labute approximate surface area is 150 Å². The van der Waals surface area contributed by atoms with Gasteiger partial charge in [0.1, 0.15) is 4.92 Å². The zero-order chi connectivity index (χ0) is 19.1. The van der Waals surface area contributed by atoms with Gasteiger partial charge in [-0.25, -0.2) is 0 Å². The summed E-state index contributed by atoms with van der Waals surface area (Å²) in [6.45, 7) is 1.35. The fourth-order valence-electron chi connectivity index (χ4n) is 2.21. The molecule has 0 fully saturated rings. The average Bonchev–Trinajstić information content (AvgIpc) is 3.09. The number of nitrogens with zero attached hydrogens (tertiary/aromatic N) is 2. The summed E-state index contributed by atoms with van der Waals surface area (Å²) in [6, 6.07) is 8.81. The van der Waals surface area contributed by atoms with Crippen LogP contribution in [0.3, 0.4) is 0 Å². The van der Waals surface area contributed by atoms with Crippen LogP contribution in [0, 0.1) is 10.1 Å². The molecule has 0 saturated heterocycles. The van der Waals surface area contributed by atoms with E-state index in [2.05, 4.69) is 10.6 Å². The molecule has 0 unspecified atom stereocenters. The molecule has 0 saturated carbocycles. The second-order valence-electron chi connectivity index (χ2n) is 5.81. The summed E-state index contributed by atoms with van der Waals surface area (Å²) in [4.78, 5) is 36.4. The Hall–Kier alpha value is -3.20. The number of para-hydroxylation sites is 1. The van der Waals surface area contributed by atoms with Crippen molar-refractivity contribution in [2.75, 3.05) is 32.5 Å². The Morgan fingerprint density at radius 3 is 2.54 bits per heavy atom. The summed E-state index contributed by atoms with van der Waals surface area (Å²) in [7, 11) is 3.90. The minimum Gasteiger partial charge on any atom is -0.395 e. The highest BCUT2D eigenvalue weighted by Gasteiger charge is 2.19. The Balaban J connectivity index is 2.04. The molecule has 26 heavy (non-hydrogen) atoms. The molecule has 0 atom stereocenters. The number of hydrogen-bond donors (Lipinski definition) is 2. The number of carbonyl (C=O) groups excluding carboxylic acids is 2. The maximum absolute atomic E-state index is 12.3. The van der Waals surface area contributed by atoms with Gasteiger partial charge in [-0.3, -0.25) is 19.7 Å². The molecule has 2 N–H and O–H groups in total. The molecule has 9 nitrogen and oxygen atoms in total. The zero-order valence-corrected chi connectivity index (χ0v) is 14.5. The van der Waals surface area contributed by atoms with Crippen LogP contribution >= 0.6 is 0 Å². The standard InChI is InChI=1S/C17H20N4O5/c1-20(2)11-5-10-18-16(22)12-6-3-4-7-13(12)19-17(23)14-8-9-15(26-14)21(24)25/h3-4,6-9H,5,10-11H2,1-2H3,(H,18,22)(H,19,23). The first-order valence-corrected chi connectivity index (χ1v) is 7.96. The summed E-state index contributed by atoms with van der Waals surface area (Å²) >= 11 is 0. The van der Waals surface area contributed by atoms with Gasteiger partial charge in [0, 0.05) is 6.54 Å². The fraction of sp³-hybridized carbons (Fsp3) is 0.294. The Bertz CT molecular complexity index is 800. The first-order valence-electron chi connectivity index (χ1n) is 7.96. The molecule has 2 amide bonds. The number of anilines is 1. The van der Waals surface area contributed by atoms with Gasteiger partial charge in [-0.05, 0) is 45.3 Å². The molecule has 0 bridgehead atoms. The Kier molecular flexibility index (Phi) is 6.45. The zero-order valence-electron chi connectivity index (χ0n) is 14.5. The molecule has 0 spiro atoms. The van der Waals surface area contributed by atoms with Crippen molar-refractivity contribution in [3.8, 4) is 0 Å². The van der Waals surface area contributed by atoms with Crippen LogP contribution in [0.25, 0.3) is 0 Å². The van der Waals surface area contributed by atoms with Gasteiger partial charge in [-0.2, -0.15) is 0 Å². The van der Waals surface area contributed by atoms with E-state index in [1.807, 2.05) is 19.0 Å². The quantitative estimate of drug-likeness (QED) is 0.423. The molecular formula is C17H20N4O5. The number of carbonyl (C=O) groups is 2. The largest absolute Gasteiger partial charge is 0.433 e. The molecule has 1 aromatic carbocycles. The van der Waals surface area contributed by atoms with Crippen molar-refractivity contribution in [2.24, 2.45) is 0 Å². The summed E-state index contributed by atoms with van der Waals surface area (Å²) in [6.07, 6.45) is 0.795. The summed E-state index contributed by atoms with van der Waals surface area (Å²) in [5, 5.41) is 16.0. The van der Waals surface area contributed by atoms with Crippen LogP contribution in [0.4, 0.5) is 11.6 Å². The average molecular weight is 360 g/mol. The van der Waals surface area contributed by atoms with Crippen LogP contribution < -0.4 is 10.6 Å². The SMILES string of the molecule is CN(C)CCCNC(=O)c1ccccc1NC(=O)c1ccc([N+](=O)[O-])o1. The first-order chi connectivity index (χ1) is 12.4. The maximum atomic E-state index is 12.3. The van der Waals surface area contributed by atoms with Crippen molar-refractivity contribution in [1.82, 2.24) is 10.2 Å². The van der Waals surface area contributed by atoms with Crippen LogP contribution in [0.1, 0.15) is 27.3 Å². The molecule has 1 aromatic heterocycles. The van der Waals surface area contributed by atoms with Crippen LogP contribution in [-0.2, 0) is 0 Å². The lowest BCUT2D eigenvalue weighted by Gasteiger charge is -2.12. The number of nitrogens with one attached hydrogen (secondary N) is 2. The second-order valence-corrected chi connectivity index (χ2v) is 5.81. The van der Waals surface area contributed by atoms with Gasteiger partial charge in [0.25, 0.3) is 11.8 Å². The fourth-order valence-corrected chi connectivity index (χ4v) is 2.21. The molecular weight excluding hydrogens is 340 g/mol. The smallest absolute Gasteiger partial charge is 0.395 e. The highest BCUT2D eigenvalue weighted by atomic mass is 16.6. The third-order valence-electron chi connectivity index (χ3n) is 3.48. The van der Waals surface area contributed by atoms with E-state index < -0.39 is 16.7 Å². The first kappa shape index (κ1) is 19.1. The van der Waals surface area contributed by atoms with Crippen LogP contribution in [0.5, 0.6) is 0 Å². The van der Waals surface area contributed by atoms with Crippen molar-refractivity contribution in [1.29, 1.82) is 0 Å². The van der Waals surface area contributed by atoms with E-state index in [0.717, 1.165) is 19.0 Å². The minimum absolute atomic E-state index is 0.210. The molecule has 1 heterocycles. The lowest BCUT2D eigenvalue weighted by Crippen LogP contribution is -2.28. The predicted molar refractivity (Wildman–Crippen MR) is 95.3 cm³/mol. The number of rotatable bonds is 8. The van der Waals surface area contributed by atoms with Gasteiger partial charge in [0.2, 0.25) is 0 Å². The second kappa shape index (κ2) is 8.77. The normalized spacial score (nSPS) is 10.6. The number of amides is 2. The van der Waals surface area contributed by atoms with Crippen molar-refractivity contribution >= 4 is 23.4 Å². The van der Waals surface area contributed by atoms with Crippen LogP contribution in [0.15, 0.2) is 40.8 Å². The molecule has 9 heteroatoms. The highest BCUT2D eigenvalue weighted by Crippen LogP contribution is 2.19. The number of hydrogen-bond acceptors (Lipinski definition) is 6. The van der Waals surface area contributed by atoms with Gasteiger partial charge < -0.3 is 20.0 Å². The highest BCUT2D eigenvalue weighted by molar-refractivity contribution is 6.07. The van der Waals surface area contributed by atoms with Crippen LogP contribution in [0.2, 0.25) is 0 Å². The number of benzene rings is 1. The topological polar surface area (TPSA) is 118 Å². The van der Waals surface area contributed by atoms with E-state index >= 15 is 0 Å². The van der Waals surface area contributed by atoms with Gasteiger partial charge >= 0.3 is 5.88 Å². The van der Waals surface area contributed by atoms with Crippen molar-refractivity contribution in [3.05, 3.63) is 57.8 Å². The molecule has 0 aliphatic carbocycles. The van der Waals surface area contributed by atoms with Gasteiger partial charge in [0.15, 0.2) is 5.76 Å². The van der Waals surface area contributed by atoms with Crippen molar-refractivity contribution < 1.29 is 18.9 Å². The van der Waals surface area contributed by atoms with Crippen molar-refractivity contribution in [2.45, 2.75) is 6.42 Å².